The Kier molecular flexibility index (Phi) is 4.47. The van der Waals surface area contributed by atoms with Gasteiger partial charge in [-0.3, -0.25) is 4.79 Å². The first-order valence-electron chi connectivity index (χ1n) is 9.71. The van der Waals surface area contributed by atoms with Crippen LogP contribution in [-0.2, 0) is 12.8 Å². The molecule has 0 saturated carbocycles. The number of hydrogen-bond acceptors (Lipinski definition) is 7. The quantitative estimate of drug-likeness (QED) is 0.294. The Hall–Kier alpha value is -3.19. The van der Waals surface area contributed by atoms with Gasteiger partial charge in [0.05, 0.1) is 5.60 Å². The van der Waals surface area contributed by atoms with Gasteiger partial charge in [-0.1, -0.05) is 11.6 Å². The molecule has 0 amide bonds. The largest absolute Gasteiger partial charge is 0.507 e. The summed E-state index contributed by atoms with van der Waals surface area (Å²) in [5.74, 6) is -0.585. The molecule has 7 heteroatoms. The Morgan fingerprint density at radius 1 is 1.13 bits per heavy atom. The molecule has 0 radical (unpaired) electrons. The van der Waals surface area contributed by atoms with E-state index in [0.717, 1.165) is 5.57 Å². The standard InChI is InChI=1S/C23H24O7/c1-10(2)5-6-11-20-12(9-15(29-20)23(3,4)28)18(26)17-19(27)16-13(24)7-8-14(25)22(16)30-21(11)17/h5,7-8,15,24-26,28H,6,9H2,1-4H3/t15-/m0/s1. The van der Waals surface area contributed by atoms with Crippen molar-refractivity contribution in [1.82, 2.24) is 0 Å². The highest BCUT2D eigenvalue weighted by atomic mass is 16.5. The fourth-order valence-corrected chi connectivity index (χ4v) is 3.82. The summed E-state index contributed by atoms with van der Waals surface area (Å²) in [5.41, 5.74) is 0.0756. The van der Waals surface area contributed by atoms with Crippen LogP contribution in [0.4, 0.5) is 0 Å². The van der Waals surface area contributed by atoms with Crippen molar-refractivity contribution >= 4 is 21.9 Å². The van der Waals surface area contributed by atoms with Crippen LogP contribution in [0.1, 0.15) is 38.8 Å². The summed E-state index contributed by atoms with van der Waals surface area (Å²) in [4.78, 5) is 13.3. The number of rotatable bonds is 3. The van der Waals surface area contributed by atoms with Gasteiger partial charge in [0.1, 0.15) is 39.7 Å². The van der Waals surface area contributed by atoms with Gasteiger partial charge in [-0.25, -0.2) is 0 Å². The maximum absolute atomic E-state index is 13.3. The van der Waals surface area contributed by atoms with Gasteiger partial charge in [0.2, 0.25) is 5.43 Å². The fraction of sp³-hybridized carbons (Fsp3) is 0.348. The Morgan fingerprint density at radius 3 is 2.43 bits per heavy atom. The Morgan fingerprint density at radius 2 is 1.80 bits per heavy atom. The third kappa shape index (κ3) is 2.97. The molecule has 3 aromatic rings. The van der Waals surface area contributed by atoms with Crippen LogP contribution in [0, 0.1) is 0 Å². The van der Waals surface area contributed by atoms with Gasteiger partial charge in [0, 0.05) is 17.5 Å². The van der Waals surface area contributed by atoms with E-state index < -0.39 is 17.1 Å². The van der Waals surface area contributed by atoms with Crippen LogP contribution in [0.3, 0.4) is 0 Å². The van der Waals surface area contributed by atoms with Crippen LogP contribution >= 0.6 is 0 Å². The maximum atomic E-state index is 13.3. The Bertz CT molecular complexity index is 1270. The summed E-state index contributed by atoms with van der Waals surface area (Å²) in [6.45, 7) is 7.09. The first-order valence-corrected chi connectivity index (χ1v) is 9.71. The highest BCUT2D eigenvalue weighted by Crippen LogP contribution is 2.47. The molecular formula is C23H24O7. The van der Waals surface area contributed by atoms with Crippen molar-refractivity contribution in [2.75, 3.05) is 0 Å². The molecule has 7 nitrogen and oxygen atoms in total. The summed E-state index contributed by atoms with van der Waals surface area (Å²) in [7, 11) is 0. The molecule has 1 aliphatic heterocycles. The molecule has 1 atom stereocenters. The molecule has 0 spiro atoms. The number of aliphatic hydroxyl groups is 1. The van der Waals surface area contributed by atoms with Crippen molar-refractivity contribution in [2.45, 2.75) is 52.2 Å². The van der Waals surface area contributed by atoms with Crippen LogP contribution in [0.5, 0.6) is 23.0 Å². The van der Waals surface area contributed by atoms with Gasteiger partial charge in [0.25, 0.3) is 0 Å². The number of hydrogen-bond donors (Lipinski definition) is 4. The van der Waals surface area contributed by atoms with Gasteiger partial charge in [-0.2, -0.15) is 0 Å². The number of aromatic hydroxyl groups is 3. The zero-order chi connectivity index (χ0) is 22.0. The van der Waals surface area contributed by atoms with E-state index in [1.807, 2.05) is 19.9 Å². The number of benzene rings is 2. The molecule has 2 aromatic carbocycles. The second-order valence-corrected chi connectivity index (χ2v) is 8.53. The minimum absolute atomic E-state index is 0.0820. The lowest BCUT2D eigenvalue weighted by molar-refractivity contribution is -0.0232. The van der Waals surface area contributed by atoms with E-state index in [4.69, 9.17) is 9.15 Å². The molecule has 0 saturated heterocycles. The molecule has 1 aliphatic rings. The van der Waals surface area contributed by atoms with Crippen molar-refractivity contribution in [3.05, 3.63) is 45.1 Å². The number of allylic oxidation sites excluding steroid dienone is 2. The summed E-state index contributed by atoms with van der Waals surface area (Å²) < 4.78 is 11.9. The Labute approximate surface area is 172 Å². The van der Waals surface area contributed by atoms with Crippen molar-refractivity contribution in [3.8, 4) is 23.0 Å². The number of phenols is 3. The molecule has 30 heavy (non-hydrogen) atoms. The highest BCUT2D eigenvalue weighted by molar-refractivity contribution is 6.00. The topological polar surface area (TPSA) is 120 Å². The number of ether oxygens (including phenoxy) is 1. The second kappa shape index (κ2) is 6.67. The molecule has 4 N–H and O–H groups in total. The summed E-state index contributed by atoms with van der Waals surface area (Å²) in [6.07, 6.45) is 1.88. The van der Waals surface area contributed by atoms with E-state index in [2.05, 4.69) is 0 Å². The van der Waals surface area contributed by atoms with Crippen molar-refractivity contribution in [2.24, 2.45) is 0 Å². The van der Waals surface area contributed by atoms with Crippen LogP contribution < -0.4 is 10.2 Å². The van der Waals surface area contributed by atoms with Gasteiger partial charge >= 0.3 is 0 Å². The molecule has 1 aromatic heterocycles. The summed E-state index contributed by atoms with van der Waals surface area (Å²) in [6, 6.07) is 2.43. The van der Waals surface area contributed by atoms with Gasteiger partial charge in [-0.15, -0.1) is 0 Å². The molecular weight excluding hydrogens is 388 g/mol. The predicted octanol–water partition coefficient (Wildman–Crippen LogP) is 3.65. The Balaban J connectivity index is 2.15. The van der Waals surface area contributed by atoms with E-state index in [1.54, 1.807) is 13.8 Å². The molecule has 2 heterocycles. The third-order valence-electron chi connectivity index (χ3n) is 5.50. The van der Waals surface area contributed by atoms with E-state index in [1.165, 1.54) is 12.1 Å². The minimum atomic E-state index is -1.18. The first kappa shape index (κ1) is 20.1. The van der Waals surface area contributed by atoms with Crippen molar-refractivity contribution < 1.29 is 29.6 Å². The molecule has 158 valence electrons. The average molecular weight is 412 g/mol. The summed E-state index contributed by atoms with van der Waals surface area (Å²) in [5, 5.41) is 41.5. The average Bonchev–Trinajstić information content (AvgIpc) is 3.10. The SMILES string of the molecule is CC(C)=CCc1c2c(c(O)c3c(=O)c4c(O)ccc(O)c4oc13)C[C@@H](C(C)(C)O)O2. The highest BCUT2D eigenvalue weighted by Gasteiger charge is 2.39. The van der Waals surface area contributed by atoms with E-state index >= 15 is 0 Å². The molecule has 0 unspecified atom stereocenters. The zero-order valence-electron chi connectivity index (χ0n) is 17.2. The fourth-order valence-electron chi connectivity index (χ4n) is 3.82. The van der Waals surface area contributed by atoms with Crippen LogP contribution in [-0.4, -0.2) is 32.1 Å². The molecule has 0 aliphatic carbocycles. The van der Waals surface area contributed by atoms with E-state index in [9.17, 15) is 25.2 Å². The second-order valence-electron chi connectivity index (χ2n) is 8.53. The number of phenolic OH excluding ortho intramolecular Hbond substituents is 3. The monoisotopic (exact) mass is 412 g/mol. The molecule has 0 fully saturated rings. The van der Waals surface area contributed by atoms with Crippen molar-refractivity contribution in [1.29, 1.82) is 0 Å². The van der Waals surface area contributed by atoms with Gasteiger partial charge < -0.3 is 29.6 Å². The lowest BCUT2D eigenvalue weighted by atomic mass is 9.94. The van der Waals surface area contributed by atoms with Crippen LogP contribution in [0.25, 0.3) is 21.9 Å². The predicted molar refractivity (Wildman–Crippen MR) is 113 cm³/mol. The lowest BCUT2D eigenvalue weighted by Crippen LogP contribution is -2.39. The molecule has 4 rings (SSSR count). The third-order valence-corrected chi connectivity index (χ3v) is 5.50. The van der Waals surface area contributed by atoms with Crippen LogP contribution in [0.15, 0.2) is 33.0 Å². The first-order chi connectivity index (χ1) is 14.0. The van der Waals surface area contributed by atoms with Crippen LogP contribution in [0.2, 0.25) is 0 Å². The smallest absolute Gasteiger partial charge is 0.208 e. The lowest BCUT2D eigenvalue weighted by Gasteiger charge is -2.24. The minimum Gasteiger partial charge on any atom is -0.507 e. The zero-order valence-corrected chi connectivity index (χ0v) is 17.2. The maximum Gasteiger partial charge on any atom is 0.208 e. The normalized spacial score (nSPS) is 16.0. The van der Waals surface area contributed by atoms with Gasteiger partial charge in [-0.05, 0) is 46.2 Å². The van der Waals surface area contributed by atoms with E-state index in [-0.39, 0.29) is 45.6 Å². The van der Waals surface area contributed by atoms with Crippen molar-refractivity contribution in [3.63, 3.8) is 0 Å². The van der Waals surface area contributed by atoms with E-state index in [0.29, 0.717) is 23.3 Å². The molecule has 0 bridgehead atoms. The summed E-state index contributed by atoms with van der Waals surface area (Å²) >= 11 is 0. The van der Waals surface area contributed by atoms with Gasteiger partial charge in [0.15, 0.2) is 11.3 Å². The number of fused-ring (bicyclic) bond motifs is 3.